The molecule has 2 aromatic carbocycles. The van der Waals surface area contributed by atoms with Crippen molar-refractivity contribution in [2.24, 2.45) is 0 Å². The van der Waals surface area contributed by atoms with E-state index in [0.717, 1.165) is 12.8 Å². The number of allylic oxidation sites excluding steroid dienone is 2. The molecule has 4 rings (SSSR count). The molecule has 172 valence electrons. The van der Waals surface area contributed by atoms with E-state index in [0.29, 0.717) is 0 Å². The summed E-state index contributed by atoms with van der Waals surface area (Å²) in [5, 5.41) is 0.443. The molecule has 0 N–H and O–H groups in total. The highest BCUT2D eigenvalue weighted by Crippen LogP contribution is 2.50. The van der Waals surface area contributed by atoms with E-state index in [-0.39, 0.29) is 21.7 Å². The average molecular weight is 459 g/mol. The van der Waals surface area contributed by atoms with Gasteiger partial charge in [0.15, 0.2) is 0 Å². The van der Waals surface area contributed by atoms with Gasteiger partial charge in [0, 0.05) is 14.2 Å². The fourth-order valence-corrected chi connectivity index (χ4v) is 5.81. The SMILES string of the molecule is COC1(C)C=CC(C(SC(C2=CCC(C)(OC)C=C2)c2ccccc2)c2ccccc2)=CC1. The second-order valence-electron chi connectivity index (χ2n) is 9.23. The number of thioether (sulfide) groups is 1. The summed E-state index contributed by atoms with van der Waals surface area (Å²) in [6.45, 7) is 4.28. The van der Waals surface area contributed by atoms with Crippen LogP contribution < -0.4 is 0 Å². The molecule has 0 bridgehead atoms. The molecule has 0 aromatic heterocycles. The van der Waals surface area contributed by atoms with Crippen molar-refractivity contribution in [1.82, 2.24) is 0 Å². The van der Waals surface area contributed by atoms with Crippen molar-refractivity contribution in [1.29, 1.82) is 0 Å². The van der Waals surface area contributed by atoms with E-state index in [2.05, 4.69) is 111 Å². The van der Waals surface area contributed by atoms with Crippen LogP contribution >= 0.6 is 11.8 Å². The standard InChI is InChI=1S/C30H34O2S/c1-29(31-3)19-15-25(16-20-29)27(23-11-7-5-8-12-23)33-28(24-13-9-6-10-14-24)26-17-21-30(2,32-4)22-18-26/h5-19,21,27-28H,20,22H2,1-4H3. The minimum absolute atomic E-state index is 0.221. The lowest BCUT2D eigenvalue weighted by Gasteiger charge is -2.32. The molecule has 2 aliphatic carbocycles. The van der Waals surface area contributed by atoms with E-state index >= 15 is 0 Å². The van der Waals surface area contributed by atoms with Crippen molar-refractivity contribution in [3.63, 3.8) is 0 Å². The number of methoxy groups -OCH3 is 2. The first kappa shape index (κ1) is 23.8. The zero-order valence-electron chi connectivity index (χ0n) is 20.0. The van der Waals surface area contributed by atoms with Gasteiger partial charge in [0.1, 0.15) is 0 Å². The lowest BCUT2D eigenvalue weighted by molar-refractivity contribution is 0.0500. The lowest BCUT2D eigenvalue weighted by atomic mass is 9.90. The van der Waals surface area contributed by atoms with Crippen molar-refractivity contribution < 1.29 is 9.47 Å². The lowest BCUT2D eigenvalue weighted by Crippen LogP contribution is -2.26. The van der Waals surface area contributed by atoms with Crippen LogP contribution in [-0.2, 0) is 9.47 Å². The molecule has 0 spiro atoms. The van der Waals surface area contributed by atoms with E-state index in [1.165, 1.54) is 22.3 Å². The van der Waals surface area contributed by atoms with E-state index in [4.69, 9.17) is 9.47 Å². The Morgan fingerprint density at radius 2 is 1.06 bits per heavy atom. The fourth-order valence-electron chi connectivity index (χ4n) is 4.24. The average Bonchev–Trinajstić information content (AvgIpc) is 2.87. The second-order valence-corrected chi connectivity index (χ2v) is 10.4. The highest BCUT2D eigenvalue weighted by Gasteiger charge is 2.30. The highest BCUT2D eigenvalue weighted by molar-refractivity contribution is 8.00. The van der Waals surface area contributed by atoms with Crippen molar-refractivity contribution in [2.45, 2.75) is 48.4 Å². The van der Waals surface area contributed by atoms with Crippen LogP contribution in [0.4, 0.5) is 0 Å². The molecule has 4 unspecified atom stereocenters. The molecule has 0 saturated carbocycles. The van der Waals surface area contributed by atoms with Crippen LogP contribution in [0.5, 0.6) is 0 Å². The van der Waals surface area contributed by atoms with Crippen LogP contribution in [-0.4, -0.2) is 25.4 Å². The Bertz CT molecular complexity index is 968. The largest absolute Gasteiger partial charge is 0.374 e. The molecule has 4 atom stereocenters. The third-order valence-corrected chi connectivity index (χ3v) is 8.39. The Labute approximate surface area is 203 Å². The third kappa shape index (κ3) is 5.60. The van der Waals surface area contributed by atoms with Gasteiger partial charge in [0.2, 0.25) is 0 Å². The van der Waals surface area contributed by atoms with Crippen LogP contribution in [0.15, 0.2) is 108 Å². The van der Waals surface area contributed by atoms with Gasteiger partial charge >= 0.3 is 0 Å². The molecule has 0 fully saturated rings. The summed E-state index contributed by atoms with van der Waals surface area (Å²) in [6.07, 6.45) is 15.4. The molecule has 33 heavy (non-hydrogen) atoms. The van der Waals surface area contributed by atoms with Gasteiger partial charge in [0.25, 0.3) is 0 Å². The molecule has 0 saturated heterocycles. The number of ether oxygens (including phenoxy) is 2. The third-order valence-electron chi connectivity index (χ3n) is 6.76. The molecule has 2 aliphatic rings. The zero-order chi connectivity index (χ0) is 23.3. The van der Waals surface area contributed by atoms with E-state index in [1.807, 2.05) is 11.8 Å². The molecular formula is C30H34O2S. The normalized spacial score (nSPS) is 26.4. The zero-order valence-corrected chi connectivity index (χ0v) is 20.8. The van der Waals surface area contributed by atoms with E-state index in [1.54, 1.807) is 14.2 Å². The van der Waals surface area contributed by atoms with E-state index in [9.17, 15) is 0 Å². The summed E-state index contributed by atoms with van der Waals surface area (Å²) >= 11 is 2.00. The van der Waals surface area contributed by atoms with Gasteiger partial charge in [-0.2, -0.15) is 0 Å². The van der Waals surface area contributed by atoms with Gasteiger partial charge in [-0.25, -0.2) is 0 Å². The fraction of sp³-hybridized carbons (Fsp3) is 0.333. The first-order valence-corrected chi connectivity index (χ1v) is 12.5. The first-order chi connectivity index (χ1) is 16.0. The molecule has 0 radical (unpaired) electrons. The van der Waals surface area contributed by atoms with Crippen LogP contribution in [0, 0.1) is 0 Å². The molecule has 0 heterocycles. The van der Waals surface area contributed by atoms with Gasteiger partial charge in [-0.1, -0.05) is 97.1 Å². The second kappa shape index (κ2) is 10.3. The van der Waals surface area contributed by atoms with Gasteiger partial charge in [-0.3, -0.25) is 0 Å². The maximum absolute atomic E-state index is 5.72. The minimum atomic E-state index is -0.229. The molecule has 2 aromatic rings. The maximum atomic E-state index is 5.72. The topological polar surface area (TPSA) is 18.5 Å². The van der Waals surface area contributed by atoms with Crippen LogP contribution in [0.2, 0.25) is 0 Å². The minimum Gasteiger partial charge on any atom is -0.374 e. The molecular weight excluding hydrogens is 424 g/mol. The molecule has 0 aliphatic heterocycles. The number of hydrogen-bond acceptors (Lipinski definition) is 3. The Balaban J connectivity index is 1.70. The van der Waals surface area contributed by atoms with E-state index < -0.39 is 0 Å². The van der Waals surface area contributed by atoms with Crippen molar-refractivity contribution in [2.75, 3.05) is 14.2 Å². The number of hydrogen-bond donors (Lipinski definition) is 0. The van der Waals surface area contributed by atoms with Gasteiger partial charge in [-0.05, 0) is 49.0 Å². The van der Waals surface area contributed by atoms with Crippen LogP contribution in [0.1, 0.15) is 48.3 Å². The van der Waals surface area contributed by atoms with Crippen LogP contribution in [0.25, 0.3) is 0 Å². The first-order valence-electron chi connectivity index (χ1n) is 11.6. The maximum Gasteiger partial charge on any atom is 0.0868 e. The van der Waals surface area contributed by atoms with Crippen molar-refractivity contribution in [3.05, 3.63) is 119 Å². The van der Waals surface area contributed by atoms with Crippen molar-refractivity contribution in [3.8, 4) is 0 Å². The van der Waals surface area contributed by atoms with Crippen LogP contribution in [0.3, 0.4) is 0 Å². The number of rotatable bonds is 8. The van der Waals surface area contributed by atoms with Gasteiger partial charge in [-0.15, -0.1) is 11.8 Å². The Morgan fingerprint density at radius 1 is 0.667 bits per heavy atom. The monoisotopic (exact) mass is 458 g/mol. The predicted octanol–water partition coefficient (Wildman–Crippen LogP) is 7.79. The summed E-state index contributed by atoms with van der Waals surface area (Å²) in [5.41, 5.74) is 4.86. The highest BCUT2D eigenvalue weighted by atomic mass is 32.2. The predicted molar refractivity (Wildman–Crippen MR) is 140 cm³/mol. The Hall–Kier alpha value is -2.33. The Kier molecular flexibility index (Phi) is 7.43. The number of benzene rings is 2. The summed E-state index contributed by atoms with van der Waals surface area (Å²) in [4.78, 5) is 0. The summed E-state index contributed by atoms with van der Waals surface area (Å²) in [7, 11) is 3.57. The Morgan fingerprint density at radius 3 is 1.36 bits per heavy atom. The summed E-state index contributed by atoms with van der Waals surface area (Å²) in [5.74, 6) is 0. The molecule has 3 heteroatoms. The van der Waals surface area contributed by atoms with Gasteiger partial charge in [0.05, 0.1) is 21.7 Å². The summed E-state index contributed by atoms with van der Waals surface area (Å²) < 4.78 is 11.4. The quantitative estimate of drug-likeness (QED) is 0.402. The molecule has 0 amide bonds. The molecule has 2 nitrogen and oxygen atoms in total. The van der Waals surface area contributed by atoms with Gasteiger partial charge < -0.3 is 9.47 Å². The summed E-state index contributed by atoms with van der Waals surface area (Å²) in [6, 6.07) is 21.7. The van der Waals surface area contributed by atoms with Crippen molar-refractivity contribution >= 4 is 11.8 Å². The smallest absolute Gasteiger partial charge is 0.0868 e.